The summed E-state index contributed by atoms with van der Waals surface area (Å²) in [5.74, 6) is -0.679. The van der Waals surface area contributed by atoms with Crippen LogP contribution in [0.15, 0.2) is 83.3 Å². The molecule has 3 rings (SSSR count). The molecule has 0 aliphatic heterocycles. The van der Waals surface area contributed by atoms with Crippen LogP contribution in [-0.4, -0.2) is 16.7 Å². The number of aliphatic hydroxyl groups is 1. The number of carbonyl (C=O) groups excluding carboxylic acids is 2. The van der Waals surface area contributed by atoms with Crippen molar-refractivity contribution in [2.75, 3.05) is 0 Å². The van der Waals surface area contributed by atoms with Gasteiger partial charge in [0, 0.05) is 21.2 Å². The van der Waals surface area contributed by atoms with E-state index < -0.39 is 11.9 Å². The van der Waals surface area contributed by atoms with Gasteiger partial charge >= 0.3 is 0 Å². The molecule has 3 aromatic carbocycles. The van der Waals surface area contributed by atoms with Crippen LogP contribution in [-0.2, 0) is 0 Å². The number of aliphatic hydroxyl groups excluding tert-OH is 1. The SMILES string of the molecule is O=C(c1ccccc1)c1cc(Br)ccc1C(O)C(=O)c1ccccc1. The first kappa shape index (κ1) is 17.3. The van der Waals surface area contributed by atoms with E-state index in [1.54, 1.807) is 72.8 Å². The molecule has 0 aliphatic carbocycles. The van der Waals surface area contributed by atoms with E-state index >= 15 is 0 Å². The molecular formula is C21H15BrO3. The van der Waals surface area contributed by atoms with Gasteiger partial charge in [0.2, 0.25) is 0 Å². The lowest BCUT2D eigenvalue weighted by molar-refractivity contribution is 0.0745. The molecular weight excluding hydrogens is 380 g/mol. The molecule has 0 fully saturated rings. The normalized spacial score (nSPS) is 11.8. The van der Waals surface area contributed by atoms with Gasteiger partial charge in [-0.3, -0.25) is 9.59 Å². The number of hydrogen-bond acceptors (Lipinski definition) is 3. The third-order valence-corrected chi connectivity index (χ3v) is 4.39. The van der Waals surface area contributed by atoms with E-state index in [1.807, 2.05) is 6.07 Å². The average Bonchev–Trinajstić information content (AvgIpc) is 2.67. The second-order valence-electron chi connectivity index (χ2n) is 5.56. The van der Waals surface area contributed by atoms with Crippen molar-refractivity contribution in [3.63, 3.8) is 0 Å². The van der Waals surface area contributed by atoms with Gasteiger partial charge in [0.25, 0.3) is 0 Å². The van der Waals surface area contributed by atoms with Gasteiger partial charge in [0.05, 0.1) is 0 Å². The highest BCUT2D eigenvalue weighted by atomic mass is 79.9. The minimum atomic E-state index is -1.40. The van der Waals surface area contributed by atoms with E-state index in [0.29, 0.717) is 26.7 Å². The molecule has 0 heterocycles. The summed E-state index contributed by atoms with van der Waals surface area (Å²) in [5, 5.41) is 10.6. The molecule has 0 aliphatic rings. The van der Waals surface area contributed by atoms with Gasteiger partial charge in [-0.05, 0) is 17.7 Å². The number of Topliss-reactive ketones (excluding diaryl/α,β-unsaturated/α-hetero) is 1. The third kappa shape index (κ3) is 3.76. The Balaban J connectivity index is 2.02. The summed E-state index contributed by atoms with van der Waals surface area (Å²) in [5.41, 5.74) is 1.50. The Morgan fingerprint density at radius 3 is 1.96 bits per heavy atom. The van der Waals surface area contributed by atoms with Crippen molar-refractivity contribution in [1.82, 2.24) is 0 Å². The number of rotatable bonds is 5. The minimum Gasteiger partial charge on any atom is -0.380 e. The van der Waals surface area contributed by atoms with Crippen molar-refractivity contribution >= 4 is 27.5 Å². The quantitative estimate of drug-likeness (QED) is 0.643. The van der Waals surface area contributed by atoms with Crippen LogP contribution in [0, 0.1) is 0 Å². The molecule has 3 aromatic rings. The van der Waals surface area contributed by atoms with E-state index in [4.69, 9.17) is 0 Å². The molecule has 1 unspecified atom stereocenters. The highest BCUT2D eigenvalue weighted by molar-refractivity contribution is 9.10. The Morgan fingerprint density at radius 2 is 1.36 bits per heavy atom. The smallest absolute Gasteiger partial charge is 0.195 e. The molecule has 0 saturated carbocycles. The van der Waals surface area contributed by atoms with Crippen LogP contribution in [0.5, 0.6) is 0 Å². The molecule has 3 nitrogen and oxygen atoms in total. The maximum atomic E-state index is 12.8. The monoisotopic (exact) mass is 394 g/mol. The number of ketones is 2. The second kappa shape index (κ2) is 7.55. The van der Waals surface area contributed by atoms with Crippen molar-refractivity contribution in [3.05, 3.63) is 106 Å². The van der Waals surface area contributed by atoms with Crippen LogP contribution >= 0.6 is 15.9 Å². The van der Waals surface area contributed by atoms with Crippen molar-refractivity contribution in [1.29, 1.82) is 0 Å². The molecule has 4 heteroatoms. The van der Waals surface area contributed by atoms with Crippen molar-refractivity contribution in [3.8, 4) is 0 Å². The van der Waals surface area contributed by atoms with E-state index in [0.717, 1.165) is 0 Å². The topological polar surface area (TPSA) is 54.4 Å². The lowest BCUT2D eigenvalue weighted by Crippen LogP contribution is -2.16. The molecule has 1 N–H and O–H groups in total. The summed E-state index contributed by atoms with van der Waals surface area (Å²) in [6.45, 7) is 0. The standard InChI is InChI=1S/C21H15BrO3/c22-16-11-12-17(21(25)20(24)15-9-5-2-6-10-15)18(13-16)19(23)14-7-3-1-4-8-14/h1-13,21,25H. The molecule has 0 spiro atoms. The third-order valence-electron chi connectivity index (χ3n) is 3.90. The Hall–Kier alpha value is -2.56. The van der Waals surface area contributed by atoms with E-state index in [9.17, 15) is 14.7 Å². The summed E-state index contributed by atoms with van der Waals surface area (Å²) in [4.78, 5) is 25.4. The summed E-state index contributed by atoms with van der Waals surface area (Å²) < 4.78 is 0.704. The Bertz CT molecular complexity index is 905. The fourth-order valence-corrected chi connectivity index (χ4v) is 2.97. The fourth-order valence-electron chi connectivity index (χ4n) is 2.61. The minimum absolute atomic E-state index is 0.239. The Labute approximate surface area is 154 Å². The van der Waals surface area contributed by atoms with Gasteiger partial charge in [-0.1, -0.05) is 82.7 Å². The lowest BCUT2D eigenvalue weighted by atomic mass is 9.92. The van der Waals surface area contributed by atoms with E-state index in [2.05, 4.69) is 15.9 Å². The zero-order valence-corrected chi connectivity index (χ0v) is 14.8. The maximum Gasteiger partial charge on any atom is 0.195 e. The van der Waals surface area contributed by atoms with Gasteiger partial charge < -0.3 is 5.11 Å². The zero-order valence-electron chi connectivity index (χ0n) is 13.2. The molecule has 25 heavy (non-hydrogen) atoms. The fraction of sp³-hybridized carbons (Fsp3) is 0.0476. The van der Waals surface area contributed by atoms with E-state index in [1.165, 1.54) is 0 Å². The maximum absolute atomic E-state index is 12.8. The molecule has 0 bridgehead atoms. The summed E-state index contributed by atoms with van der Waals surface area (Å²) in [7, 11) is 0. The van der Waals surface area contributed by atoms with Crippen LogP contribution in [0.1, 0.15) is 37.9 Å². The van der Waals surface area contributed by atoms with Gasteiger partial charge in [-0.15, -0.1) is 0 Å². The van der Waals surface area contributed by atoms with Gasteiger partial charge in [-0.25, -0.2) is 0 Å². The first-order valence-corrected chi connectivity index (χ1v) is 8.54. The largest absolute Gasteiger partial charge is 0.380 e. The molecule has 1 atom stereocenters. The number of hydrogen-bond donors (Lipinski definition) is 1. The van der Waals surface area contributed by atoms with Crippen molar-refractivity contribution in [2.45, 2.75) is 6.10 Å². The van der Waals surface area contributed by atoms with Crippen LogP contribution in [0.2, 0.25) is 0 Å². The highest BCUT2D eigenvalue weighted by Gasteiger charge is 2.25. The van der Waals surface area contributed by atoms with Crippen LogP contribution < -0.4 is 0 Å². The van der Waals surface area contributed by atoms with Gasteiger partial charge in [0.1, 0.15) is 6.10 Å². The van der Waals surface area contributed by atoms with Crippen LogP contribution in [0.25, 0.3) is 0 Å². The predicted octanol–water partition coefficient (Wildman–Crippen LogP) is 4.60. The molecule has 0 aromatic heterocycles. The predicted molar refractivity (Wildman–Crippen MR) is 99.7 cm³/mol. The second-order valence-corrected chi connectivity index (χ2v) is 6.48. The molecule has 0 radical (unpaired) electrons. The van der Waals surface area contributed by atoms with Gasteiger partial charge in [0.15, 0.2) is 11.6 Å². The Kier molecular flexibility index (Phi) is 5.22. The summed E-state index contributed by atoms with van der Waals surface area (Å²) in [6.07, 6.45) is -1.40. The number of benzene rings is 3. The van der Waals surface area contributed by atoms with Crippen molar-refractivity contribution in [2.24, 2.45) is 0 Å². The summed E-state index contributed by atoms with van der Waals surface area (Å²) >= 11 is 3.35. The van der Waals surface area contributed by atoms with E-state index in [-0.39, 0.29) is 5.78 Å². The van der Waals surface area contributed by atoms with Crippen LogP contribution in [0.4, 0.5) is 0 Å². The number of halogens is 1. The molecule has 124 valence electrons. The van der Waals surface area contributed by atoms with Crippen molar-refractivity contribution < 1.29 is 14.7 Å². The van der Waals surface area contributed by atoms with Crippen LogP contribution in [0.3, 0.4) is 0 Å². The number of carbonyl (C=O) groups is 2. The summed E-state index contributed by atoms with van der Waals surface area (Å²) in [6, 6.07) is 22.3. The lowest BCUT2D eigenvalue weighted by Gasteiger charge is -2.15. The Morgan fingerprint density at radius 1 is 0.800 bits per heavy atom. The zero-order chi connectivity index (χ0) is 17.8. The molecule has 0 amide bonds. The molecule has 0 saturated heterocycles. The first-order chi connectivity index (χ1) is 12.1. The highest BCUT2D eigenvalue weighted by Crippen LogP contribution is 2.27. The average molecular weight is 395 g/mol. The first-order valence-electron chi connectivity index (χ1n) is 7.74. The van der Waals surface area contributed by atoms with Gasteiger partial charge in [-0.2, -0.15) is 0 Å².